The molecule has 0 radical (unpaired) electrons. The molecule has 0 unspecified atom stereocenters. The van der Waals surface area contributed by atoms with Crippen LogP contribution in [0.25, 0.3) is 0 Å². The van der Waals surface area contributed by atoms with Crippen molar-refractivity contribution >= 4 is 17.4 Å². The number of amides is 1. The van der Waals surface area contributed by atoms with E-state index in [1.165, 1.54) is 6.20 Å². The van der Waals surface area contributed by atoms with Gasteiger partial charge < -0.3 is 11.1 Å². The molecule has 5 heteroatoms. The molecule has 1 aromatic heterocycles. The van der Waals surface area contributed by atoms with E-state index < -0.39 is 0 Å². The third-order valence-electron chi connectivity index (χ3n) is 2.17. The Morgan fingerprint density at radius 1 is 1.29 bits per heavy atom. The molecule has 2 rings (SSSR count). The van der Waals surface area contributed by atoms with E-state index in [0.717, 1.165) is 0 Å². The molecule has 0 spiro atoms. The first-order chi connectivity index (χ1) is 8.16. The number of anilines is 2. The standard InChI is InChI=1S/C12H12N4O/c1-8-7-14-11(13)10(15-8)12(17)16-9-5-3-2-4-6-9/h2-7H,1H3,(H2,13,14)(H,16,17). The summed E-state index contributed by atoms with van der Waals surface area (Å²) in [5.41, 5.74) is 7.10. The maximum absolute atomic E-state index is 11.9. The lowest BCUT2D eigenvalue weighted by atomic mass is 10.3. The molecule has 0 fully saturated rings. The number of nitrogens with zero attached hydrogens (tertiary/aromatic N) is 2. The van der Waals surface area contributed by atoms with Gasteiger partial charge in [-0.05, 0) is 19.1 Å². The van der Waals surface area contributed by atoms with E-state index in [-0.39, 0.29) is 17.4 Å². The second kappa shape index (κ2) is 4.61. The summed E-state index contributed by atoms with van der Waals surface area (Å²) in [6, 6.07) is 9.12. The number of carbonyl (C=O) groups is 1. The minimum absolute atomic E-state index is 0.129. The predicted molar refractivity (Wildman–Crippen MR) is 65.6 cm³/mol. The van der Waals surface area contributed by atoms with Crippen LogP contribution in [0.3, 0.4) is 0 Å². The van der Waals surface area contributed by atoms with Crippen LogP contribution < -0.4 is 11.1 Å². The van der Waals surface area contributed by atoms with E-state index in [0.29, 0.717) is 11.4 Å². The molecular formula is C12H12N4O. The van der Waals surface area contributed by atoms with E-state index >= 15 is 0 Å². The molecule has 3 N–H and O–H groups in total. The molecule has 17 heavy (non-hydrogen) atoms. The fourth-order valence-electron chi connectivity index (χ4n) is 1.37. The molecule has 1 aromatic carbocycles. The number of nitrogens with two attached hydrogens (primary N) is 1. The fourth-order valence-corrected chi connectivity index (χ4v) is 1.37. The number of carbonyl (C=O) groups excluding carboxylic acids is 1. The quantitative estimate of drug-likeness (QED) is 0.818. The maximum Gasteiger partial charge on any atom is 0.278 e. The average Bonchev–Trinajstić information content (AvgIpc) is 2.33. The zero-order chi connectivity index (χ0) is 12.3. The molecule has 0 aliphatic carbocycles. The molecule has 0 atom stereocenters. The summed E-state index contributed by atoms with van der Waals surface area (Å²) in [7, 11) is 0. The topological polar surface area (TPSA) is 80.9 Å². The molecule has 1 heterocycles. The van der Waals surface area contributed by atoms with Crippen molar-refractivity contribution in [2.45, 2.75) is 6.92 Å². The largest absolute Gasteiger partial charge is 0.382 e. The highest BCUT2D eigenvalue weighted by Gasteiger charge is 2.12. The predicted octanol–water partition coefficient (Wildman–Crippen LogP) is 1.62. The van der Waals surface area contributed by atoms with Crippen LogP contribution in [0.5, 0.6) is 0 Å². The number of para-hydroxylation sites is 1. The highest BCUT2D eigenvalue weighted by atomic mass is 16.1. The van der Waals surface area contributed by atoms with Crippen molar-refractivity contribution < 1.29 is 4.79 Å². The van der Waals surface area contributed by atoms with Crippen molar-refractivity contribution in [3.05, 3.63) is 47.9 Å². The Morgan fingerprint density at radius 2 is 2.00 bits per heavy atom. The van der Waals surface area contributed by atoms with Gasteiger partial charge in [0.2, 0.25) is 0 Å². The van der Waals surface area contributed by atoms with E-state index in [1.807, 2.05) is 18.2 Å². The molecule has 86 valence electrons. The fraction of sp³-hybridized carbons (Fsp3) is 0.0833. The molecule has 2 aromatic rings. The van der Waals surface area contributed by atoms with Crippen molar-refractivity contribution in [3.63, 3.8) is 0 Å². The third kappa shape index (κ3) is 2.57. The SMILES string of the molecule is Cc1cnc(N)c(C(=O)Nc2ccccc2)n1. The Morgan fingerprint density at radius 3 is 2.71 bits per heavy atom. The Bertz CT molecular complexity index is 539. The number of hydrogen-bond acceptors (Lipinski definition) is 4. The smallest absolute Gasteiger partial charge is 0.278 e. The van der Waals surface area contributed by atoms with Crippen molar-refractivity contribution in [1.29, 1.82) is 0 Å². The van der Waals surface area contributed by atoms with Crippen LogP contribution in [0.15, 0.2) is 36.5 Å². The first-order valence-corrected chi connectivity index (χ1v) is 5.12. The van der Waals surface area contributed by atoms with E-state index in [9.17, 15) is 4.79 Å². The summed E-state index contributed by atoms with van der Waals surface area (Å²) in [6.07, 6.45) is 1.52. The number of aryl methyl sites for hydroxylation is 1. The van der Waals surface area contributed by atoms with Gasteiger partial charge in [0, 0.05) is 5.69 Å². The molecule has 0 saturated carbocycles. The van der Waals surface area contributed by atoms with E-state index in [1.54, 1.807) is 19.1 Å². The summed E-state index contributed by atoms with van der Waals surface area (Å²) in [5, 5.41) is 2.70. The van der Waals surface area contributed by atoms with Crippen LogP contribution in [0.2, 0.25) is 0 Å². The molecule has 0 saturated heterocycles. The average molecular weight is 228 g/mol. The summed E-state index contributed by atoms with van der Waals surface area (Å²) in [4.78, 5) is 19.9. The molecule has 5 nitrogen and oxygen atoms in total. The molecule has 0 bridgehead atoms. The van der Waals surface area contributed by atoms with Crippen LogP contribution in [0.1, 0.15) is 16.2 Å². The van der Waals surface area contributed by atoms with Crippen molar-refractivity contribution in [3.8, 4) is 0 Å². The number of benzene rings is 1. The maximum atomic E-state index is 11.9. The van der Waals surface area contributed by atoms with Crippen LogP contribution in [-0.4, -0.2) is 15.9 Å². The molecule has 1 amide bonds. The minimum atomic E-state index is -0.357. The van der Waals surface area contributed by atoms with Gasteiger partial charge in [0.1, 0.15) is 0 Å². The summed E-state index contributed by atoms with van der Waals surface area (Å²) >= 11 is 0. The Hall–Kier alpha value is -2.43. The number of nitrogens with one attached hydrogen (secondary N) is 1. The van der Waals surface area contributed by atoms with Gasteiger partial charge in [0.15, 0.2) is 11.5 Å². The van der Waals surface area contributed by atoms with Gasteiger partial charge in [-0.25, -0.2) is 9.97 Å². The summed E-state index contributed by atoms with van der Waals surface area (Å²) < 4.78 is 0. The number of aromatic nitrogens is 2. The highest BCUT2D eigenvalue weighted by molar-refractivity contribution is 6.05. The first kappa shape index (κ1) is 11.1. The Labute approximate surface area is 98.7 Å². The Kier molecular flexibility index (Phi) is 3.00. The lowest BCUT2D eigenvalue weighted by molar-refractivity contribution is 0.102. The van der Waals surface area contributed by atoms with Gasteiger partial charge in [-0.2, -0.15) is 0 Å². The van der Waals surface area contributed by atoms with Gasteiger partial charge in [0.05, 0.1) is 11.9 Å². The summed E-state index contributed by atoms with van der Waals surface area (Å²) in [5.74, 6) is -0.228. The van der Waals surface area contributed by atoms with Crippen molar-refractivity contribution in [2.24, 2.45) is 0 Å². The lowest BCUT2D eigenvalue weighted by Crippen LogP contribution is -2.17. The second-order valence-corrected chi connectivity index (χ2v) is 3.57. The van der Waals surface area contributed by atoms with Gasteiger partial charge in [-0.15, -0.1) is 0 Å². The first-order valence-electron chi connectivity index (χ1n) is 5.12. The van der Waals surface area contributed by atoms with Crippen molar-refractivity contribution in [2.75, 3.05) is 11.1 Å². The number of nitrogen functional groups attached to an aromatic ring is 1. The van der Waals surface area contributed by atoms with Crippen LogP contribution in [-0.2, 0) is 0 Å². The summed E-state index contributed by atoms with van der Waals surface area (Å²) in [6.45, 7) is 1.76. The molecular weight excluding hydrogens is 216 g/mol. The van der Waals surface area contributed by atoms with Gasteiger partial charge in [0.25, 0.3) is 5.91 Å². The zero-order valence-electron chi connectivity index (χ0n) is 9.34. The van der Waals surface area contributed by atoms with Crippen LogP contribution >= 0.6 is 0 Å². The van der Waals surface area contributed by atoms with Crippen LogP contribution in [0, 0.1) is 6.92 Å². The van der Waals surface area contributed by atoms with Gasteiger partial charge >= 0.3 is 0 Å². The lowest BCUT2D eigenvalue weighted by Gasteiger charge is -2.06. The normalized spacial score (nSPS) is 9.94. The van der Waals surface area contributed by atoms with Crippen LogP contribution in [0.4, 0.5) is 11.5 Å². The Balaban J connectivity index is 2.23. The number of rotatable bonds is 2. The number of hydrogen-bond donors (Lipinski definition) is 2. The van der Waals surface area contributed by atoms with Gasteiger partial charge in [-0.3, -0.25) is 4.79 Å². The van der Waals surface area contributed by atoms with E-state index in [4.69, 9.17) is 5.73 Å². The van der Waals surface area contributed by atoms with E-state index in [2.05, 4.69) is 15.3 Å². The minimum Gasteiger partial charge on any atom is -0.382 e. The second-order valence-electron chi connectivity index (χ2n) is 3.57. The van der Waals surface area contributed by atoms with Gasteiger partial charge in [-0.1, -0.05) is 18.2 Å². The highest BCUT2D eigenvalue weighted by Crippen LogP contribution is 2.10. The molecule has 0 aliphatic heterocycles. The monoisotopic (exact) mass is 228 g/mol. The zero-order valence-corrected chi connectivity index (χ0v) is 9.34. The molecule has 0 aliphatic rings. The third-order valence-corrected chi connectivity index (χ3v) is 2.17. The van der Waals surface area contributed by atoms with Crippen molar-refractivity contribution in [1.82, 2.24) is 9.97 Å².